The average Bonchev–Trinajstić information content (AvgIpc) is 2.90. The Morgan fingerprint density at radius 3 is 2.33 bits per heavy atom. The number of rotatable bonds is 8. The van der Waals surface area contributed by atoms with Crippen LogP contribution >= 0.6 is 11.6 Å². The zero-order chi connectivity index (χ0) is 14.0. The Morgan fingerprint density at radius 2 is 2.00 bits per heavy atom. The minimum absolute atomic E-state index is 0.0991. The maximum Gasteiger partial charge on any atom is 0.0892 e. The summed E-state index contributed by atoms with van der Waals surface area (Å²) in [7, 11) is 0. The van der Waals surface area contributed by atoms with E-state index in [1.807, 2.05) is 0 Å². The lowest BCUT2D eigenvalue weighted by molar-refractivity contribution is 0.164. The molecule has 0 bridgehead atoms. The molecule has 0 aliphatic carbocycles. The fourth-order valence-electron chi connectivity index (χ4n) is 3.16. The molecule has 3 atom stereocenters. The predicted octanol–water partition coefficient (Wildman–Crippen LogP) is 5.04. The van der Waals surface area contributed by atoms with Crippen LogP contribution in [0, 0.1) is 17.3 Å². The molecule has 0 N–H and O–H groups in total. The lowest BCUT2D eigenvalue weighted by atomic mass is 9.67. The van der Waals surface area contributed by atoms with Gasteiger partial charge in [0.2, 0.25) is 0 Å². The van der Waals surface area contributed by atoms with Gasteiger partial charge < -0.3 is 4.74 Å². The topological polar surface area (TPSA) is 12.5 Å². The van der Waals surface area contributed by atoms with Gasteiger partial charge in [0, 0.05) is 5.88 Å². The van der Waals surface area contributed by atoms with Crippen molar-refractivity contribution in [3.8, 4) is 0 Å². The first-order valence-electron chi connectivity index (χ1n) is 7.14. The van der Waals surface area contributed by atoms with Crippen LogP contribution in [0.4, 0.5) is 0 Å². The first-order valence-corrected chi connectivity index (χ1v) is 7.67. The van der Waals surface area contributed by atoms with Crippen LogP contribution < -0.4 is 0 Å². The molecule has 0 amide bonds. The summed E-state index contributed by atoms with van der Waals surface area (Å²) in [6, 6.07) is 0. The molecule has 106 valence electrons. The van der Waals surface area contributed by atoms with Crippen LogP contribution in [0.5, 0.6) is 0 Å². The van der Waals surface area contributed by atoms with Crippen LogP contribution in [-0.2, 0) is 4.74 Å². The van der Waals surface area contributed by atoms with Crippen LogP contribution in [0.3, 0.4) is 0 Å². The van der Waals surface area contributed by atoms with Crippen molar-refractivity contribution in [1.29, 1.82) is 0 Å². The van der Waals surface area contributed by atoms with Gasteiger partial charge in [-0.2, -0.15) is 0 Å². The molecular formula is C16H29ClO. The predicted molar refractivity (Wildman–Crippen MR) is 80.2 cm³/mol. The maximum absolute atomic E-state index is 5.96. The molecule has 1 aliphatic heterocycles. The Kier molecular flexibility index (Phi) is 5.32. The zero-order valence-electron chi connectivity index (χ0n) is 12.6. The lowest BCUT2D eigenvalue weighted by Gasteiger charge is -2.38. The van der Waals surface area contributed by atoms with Crippen molar-refractivity contribution in [2.45, 2.75) is 65.6 Å². The average molecular weight is 273 g/mol. The van der Waals surface area contributed by atoms with Crippen LogP contribution in [-0.4, -0.2) is 17.6 Å². The Bertz CT molecular complexity index is 285. The monoisotopic (exact) mass is 272 g/mol. The number of allylic oxidation sites excluding steroid dienone is 1. The molecule has 0 spiro atoms. The van der Waals surface area contributed by atoms with Gasteiger partial charge in [-0.1, -0.05) is 26.8 Å². The van der Waals surface area contributed by atoms with Crippen LogP contribution in [0.25, 0.3) is 0 Å². The van der Waals surface area contributed by atoms with Crippen molar-refractivity contribution in [1.82, 2.24) is 0 Å². The molecule has 0 aromatic carbocycles. The van der Waals surface area contributed by atoms with Gasteiger partial charge in [0.1, 0.15) is 0 Å². The molecule has 1 heterocycles. The van der Waals surface area contributed by atoms with Gasteiger partial charge in [-0.05, 0) is 50.4 Å². The molecule has 0 saturated carbocycles. The summed E-state index contributed by atoms with van der Waals surface area (Å²) in [6.45, 7) is 15.3. The van der Waals surface area contributed by atoms with E-state index in [2.05, 4.69) is 47.3 Å². The van der Waals surface area contributed by atoms with E-state index in [-0.39, 0.29) is 11.0 Å². The number of ether oxygens (including phenoxy) is 1. The molecule has 18 heavy (non-hydrogen) atoms. The molecule has 0 aromatic heterocycles. The fraction of sp³-hybridized carbons (Fsp3) is 0.875. The summed E-state index contributed by atoms with van der Waals surface area (Å²) in [6.07, 6.45) is 5.90. The van der Waals surface area contributed by atoms with Gasteiger partial charge in [-0.3, -0.25) is 0 Å². The summed E-state index contributed by atoms with van der Waals surface area (Å²) >= 11 is 5.96. The Labute approximate surface area is 118 Å². The Morgan fingerprint density at radius 1 is 1.44 bits per heavy atom. The minimum atomic E-state index is 0.0991. The van der Waals surface area contributed by atoms with Gasteiger partial charge >= 0.3 is 0 Å². The second-order valence-corrected chi connectivity index (χ2v) is 7.16. The highest BCUT2D eigenvalue weighted by Gasteiger charge is 2.48. The molecule has 2 heteroatoms. The summed E-state index contributed by atoms with van der Waals surface area (Å²) < 4.78 is 5.68. The van der Waals surface area contributed by atoms with E-state index >= 15 is 0 Å². The third kappa shape index (κ3) is 3.74. The highest BCUT2D eigenvalue weighted by molar-refractivity contribution is 6.17. The second kappa shape index (κ2) is 5.96. The van der Waals surface area contributed by atoms with E-state index in [1.165, 1.54) is 0 Å². The highest BCUT2D eigenvalue weighted by Crippen LogP contribution is 2.45. The van der Waals surface area contributed by atoms with Gasteiger partial charge in [0.25, 0.3) is 0 Å². The molecule has 1 fully saturated rings. The van der Waals surface area contributed by atoms with E-state index in [1.54, 1.807) is 0 Å². The molecule has 1 unspecified atom stereocenters. The molecule has 1 nitrogen and oxygen atoms in total. The summed E-state index contributed by atoms with van der Waals surface area (Å²) in [5.74, 6) is 1.98. The van der Waals surface area contributed by atoms with Crippen molar-refractivity contribution in [3.63, 3.8) is 0 Å². The van der Waals surface area contributed by atoms with Gasteiger partial charge in [-0.25, -0.2) is 0 Å². The van der Waals surface area contributed by atoms with Crippen molar-refractivity contribution in [2.75, 3.05) is 5.88 Å². The molecule has 1 saturated heterocycles. The normalized spacial score (nSPS) is 26.7. The Hall–Kier alpha value is -0.0100. The summed E-state index contributed by atoms with van der Waals surface area (Å²) in [5.41, 5.74) is 0.271. The lowest BCUT2D eigenvalue weighted by Crippen LogP contribution is -2.30. The van der Waals surface area contributed by atoms with Gasteiger partial charge in [0.05, 0.1) is 11.7 Å². The van der Waals surface area contributed by atoms with Gasteiger partial charge in [-0.15, -0.1) is 18.2 Å². The number of epoxide rings is 1. The maximum atomic E-state index is 5.96. The zero-order valence-corrected chi connectivity index (χ0v) is 13.4. The van der Waals surface area contributed by atoms with Crippen molar-refractivity contribution in [3.05, 3.63) is 12.7 Å². The molecule has 0 radical (unpaired) electrons. The number of halogens is 1. The van der Waals surface area contributed by atoms with E-state index in [0.717, 1.165) is 25.1 Å². The SMILES string of the molecule is C=C[C@](C)(CCC1OC1(C)C)[C@H](CCCl)C(C)C. The smallest absolute Gasteiger partial charge is 0.0892 e. The quantitative estimate of drug-likeness (QED) is 0.343. The molecule has 0 aromatic rings. The first kappa shape index (κ1) is 16.0. The van der Waals surface area contributed by atoms with E-state index in [4.69, 9.17) is 16.3 Å². The van der Waals surface area contributed by atoms with Crippen LogP contribution in [0.15, 0.2) is 12.7 Å². The highest BCUT2D eigenvalue weighted by atomic mass is 35.5. The van der Waals surface area contributed by atoms with E-state index in [9.17, 15) is 0 Å². The molecular weight excluding hydrogens is 244 g/mol. The summed E-state index contributed by atoms with van der Waals surface area (Å²) in [4.78, 5) is 0. The third-order valence-corrected chi connectivity index (χ3v) is 4.87. The van der Waals surface area contributed by atoms with Crippen molar-refractivity contribution in [2.24, 2.45) is 17.3 Å². The minimum Gasteiger partial charge on any atom is -0.367 e. The molecule has 1 rings (SSSR count). The van der Waals surface area contributed by atoms with Crippen LogP contribution in [0.2, 0.25) is 0 Å². The number of alkyl halides is 1. The van der Waals surface area contributed by atoms with E-state index in [0.29, 0.717) is 17.9 Å². The van der Waals surface area contributed by atoms with Crippen LogP contribution in [0.1, 0.15) is 53.9 Å². The second-order valence-electron chi connectivity index (χ2n) is 6.79. The largest absolute Gasteiger partial charge is 0.367 e. The summed E-state index contributed by atoms with van der Waals surface area (Å²) in [5, 5.41) is 0. The standard InChI is InChI=1S/C16H29ClO/c1-7-16(6,13(9-11-17)12(2)3)10-8-14-15(4,5)18-14/h7,12-14H,1,8-11H2,2-6H3/t13-,14?,16-/m1/s1. The fourth-order valence-corrected chi connectivity index (χ4v) is 3.40. The third-order valence-electron chi connectivity index (χ3n) is 4.65. The number of hydrogen-bond donors (Lipinski definition) is 0. The van der Waals surface area contributed by atoms with Crippen molar-refractivity contribution >= 4 is 11.6 Å². The first-order chi connectivity index (χ1) is 8.27. The number of hydrogen-bond acceptors (Lipinski definition) is 1. The van der Waals surface area contributed by atoms with Gasteiger partial charge in [0.15, 0.2) is 0 Å². The Balaban J connectivity index is 2.61. The van der Waals surface area contributed by atoms with E-state index < -0.39 is 0 Å². The van der Waals surface area contributed by atoms with Crippen molar-refractivity contribution < 1.29 is 4.74 Å². The molecule has 1 aliphatic rings.